The molecule has 0 saturated carbocycles. The Morgan fingerprint density at radius 3 is 1.13 bits per heavy atom. The highest BCUT2D eigenvalue weighted by Crippen LogP contribution is 2.18. The fourth-order valence-corrected chi connectivity index (χ4v) is 8.78. The van der Waals surface area contributed by atoms with Crippen molar-refractivity contribution in [2.24, 2.45) is 0 Å². The molecule has 3 atom stereocenters. The first-order chi connectivity index (χ1) is 37.9. The Hall–Kier alpha value is -3.10. The lowest BCUT2D eigenvalue weighted by Crippen LogP contribution is -2.17. The average Bonchev–Trinajstić information content (AvgIpc) is 3.42. The molecule has 0 aromatic carbocycles. The highest BCUT2D eigenvalue weighted by molar-refractivity contribution is 5.70. The van der Waals surface area contributed by atoms with Gasteiger partial charge in [0.05, 0.1) is 59.0 Å². The van der Waals surface area contributed by atoms with E-state index in [-0.39, 0.29) is 49.4 Å². The van der Waals surface area contributed by atoms with Crippen LogP contribution in [0.3, 0.4) is 0 Å². The predicted octanol–water partition coefficient (Wildman–Crippen LogP) is 15.5. The van der Waals surface area contributed by atoms with Crippen LogP contribution in [0, 0.1) is 0 Å². The third-order valence-corrected chi connectivity index (χ3v) is 13.5. The summed E-state index contributed by atoms with van der Waals surface area (Å²) in [5.74, 6) is -0.297. The maximum absolute atomic E-state index is 12.9. The molecule has 0 aliphatic rings. The van der Waals surface area contributed by atoms with Crippen molar-refractivity contribution in [3.63, 3.8) is 0 Å². The molecular weight excluding hydrogens is 977 g/mol. The fraction of sp³-hybridized carbons (Fsp3) is 0.844. The number of unbranched alkanes of at least 4 members (excludes halogenated alkanes) is 23. The van der Waals surface area contributed by atoms with Crippen LogP contribution in [0.2, 0.25) is 0 Å². The maximum Gasteiger partial charge on any atom is 0.306 e. The molecular formula is C64H116O13. The van der Waals surface area contributed by atoms with Crippen LogP contribution in [-0.2, 0) is 57.1 Å². The van der Waals surface area contributed by atoms with Crippen molar-refractivity contribution in [3.05, 3.63) is 36.5 Å². The van der Waals surface area contributed by atoms with Gasteiger partial charge in [-0.25, -0.2) is 0 Å². The van der Waals surface area contributed by atoms with Crippen LogP contribution in [0.25, 0.3) is 0 Å². The van der Waals surface area contributed by atoms with Crippen LogP contribution in [0.1, 0.15) is 265 Å². The number of hydrogen-bond donors (Lipinski definition) is 1. The Kier molecular flexibility index (Phi) is 59.6. The summed E-state index contributed by atoms with van der Waals surface area (Å²) >= 11 is 0. The van der Waals surface area contributed by atoms with Crippen LogP contribution in [0.15, 0.2) is 36.5 Å². The molecule has 13 heteroatoms. The van der Waals surface area contributed by atoms with E-state index in [2.05, 4.69) is 62.0 Å². The number of rotatable bonds is 62. The normalized spacial score (nSPS) is 12.9. The number of allylic oxidation sites excluding steroid dienone is 3. The van der Waals surface area contributed by atoms with Crippen molar-refractivity contribution in [3.8, 4) is 0 Å². The Balaban J connectivity index is 4.13. The Morgan fingerprint density at radius 1 is 0.364 bits per heavy atom. The van der Waals surface area contributed by atoms with E-state index >= 15 is 0 Å². The van der Waals surface area contributed by atoms with Gasteiger partial charge in [0, 0.05) is 32.1 Å². The van der Waals surface area contributed by atoms with Crippen molar-refractivity contribution in [1.29, 1.82) is 0 Å². The quantitative estimate of drug-likeness (QED) is 0.0201. The molecule has 3 unspecified atom stereocenters. The molecule has 0 amide bonds. The van der Waals surface area contributed by atoms with E-state index < -0.39 is 0 Å². The molecule has 0 rings (SSSR count). The van der Waals surface area contributed by atoms with Gasteiger partial charge in [0.2, 0.25) is 0 Å². The molecule has 0 heterocycles. The van der Waals surface area contributed by atoms with Crippen LogP contribution in [0.4, 0.5) is 0 Å². The van der Waals surface area contributed by atoms with Crippen molar-refractivity contribution < 1.29 is 62.2 Å². The highest BCUT2D eigenvalue weighted by Gasteiger charge is 2.15. The summed E-state index contributed by atoms with van der Waals surface area (Å²) in [6, 6.07) is 0. The molecule has 1 N–H and O–H groups in total. The van der Waals surface area contributed by atoms with Crippen LogP contribution < -0.4 is 0 Å². The van der Waals surface area contributed by atoms with Gasteiger partial charge in [-0.15, -0.1) is 0 Å². The van der Waals surface area contributed by atoms with Crippen molar-refractivity contribution in [2.75, 3.05) is 66.1 Å². The molecule has 0 aromatic rings. The summed E-state index contributed by atoms with van der Waals surface area (Å²) in [4.78, 5) is 47.7. The minimum atomic E-state index is -0.200. The molecule has 13 nitrogen and oxygen atoms in total. The third kappa shape index (κ3) is 58.9. The zero-order chi connectivity index (χ0) is 56.0. The van der Waals surface area contributed by atoms with Gasteiger partial charge in [-0.3, -0.25) is 19.2 Å². The second kappa shape index (κ2) is 62.1. The number of esters is 3. The summed E-state index contributed by atoms with van der Waals surface area (Å²) in [7, 11) is 0. The zero-order valence-electron chi connectivity index (χ0n) is 49.6. The first-order valence-corrected chi connectivity index (χ1v) is 31.4. The maximum atomic E-state index is 12.9. The lowest BCUT2D eigenvalue weighted by Gasteiger charge is -2.17. The van der Waals surface area contributed by atoms with E-state index in [0.29, 0.717) is 78.6 Å². The smallest absolute Gasteiger partial charge is 0.306 e. The van der Waals surface area contributed by atoms with Gasteiger partial charge in [-0.1, -0.05) is 173 Å². The van der Waals surface area contributed by atoms with Crippen LogP contribution in [0.5, 0.6) is 0 Å². The van der Waals surface area contributed by atoms with Gasteiger partial charge in [0.1, 0.15) is 25.4 Å². The summed E-state index contributed by atoms with van der Waals surface area (Å²) in [5.41, 5.74) is 0. The summed E-state index contributed by atoms with van der Waals surface area (Å²) in [5, 5.41) is 10.1. The Labute approximate surface area is 470 Å². The number of aliphatic hydroxyl groups is 1. The van der Waals surface area contributed by atoms with Gasteiger partial charge in [-0.2, -0.15) is 0 Å². The van der Waals surface area contributed by atoms with Gasteiger partial charge < -0.3 is 43.0 Å². The van der Waals surface area contributed by atoms with E-state index in [1.807, 2.05) is 0 Å². The standard InChI is InChI=1S/C64H116O13/c1-4-7-10-32-41-60(43-34-25-19-13-16-21-27-36-45-62(67)75-57-56-73-53-52-71-49-48-70-50-51-72-54-55-74-58-65)77-64(69)47-38-29-23-17-14-20-26-35-44-61(42-33-11-8-5-2)76-63(68)46-37-28-22-15-12-18-24-31-40-59(66)39-30-9-6-3/h24-26,31,34-35,58-61,66H,4-23,27-30,32-33,36-57H2,1-3H3/b31-24-,34-25-,35-26-. The third-order valence-electron chi connectivity index (χ3n) is 13.5. The molecule has 77 heavy (non-hydrogen) atoms. The van der Waals surface area contributed by atoms with Crippen molar-refractivity contribution in [2.45, 2.75) is 283 Å². The molecule has 450 valence electrons. The van der Waals surface area contributed by atoms with Crippen molar-refractivity contribution >= 4 is 24.4 Å². The molecule has 0 bridgehead atoms. The molecule has 0 fully saturated rings. The lowest BCUT2D eigenvalue weighted by atomic mass is 10.0. The molecule has 0 saturated heterocycles. The second-order valence-electron chi connectivity index (χ2n) is 20.7. The van der Waals surface area contributed by atoms with E-state index in [1.165, 1.54) is 57.8 Å². The van der Waals surface area contributed by atoms with E-state index in [0.717, 1.165) is 167 Å². The molecule has 0 radical (unpaired) electrons. The second-order valence-corrected chi connectivity index (χ2v) is 20.7. The summed E-state index contributed by atoms with van der Waals surface area (Å²) < 4.78 is 43.4. The highest BCUT2D eigenvalue weighted by atomic mass is 16.6. The van der Waals surface area contributed by atoms with Crippen molar-refractivity contribution in [1.82, 2.24) is 0 Å². The monoisotopic (exact) mass is 1090 g/mol. The SMILES string of the molecule is CCCCCCC(C/C=C\CCCCCCCC(=O)OCCOCCOCCOCCOCCOC=O)OC(=O)CCCCCCC/C=C\CC(CCCCCC)OC(=O)CCCCCCC/C=C\CC(O)CCCCC. The van der Waals surface area contributed by atoms with E-state index in [9.17, 15) is 24.3 Å². The molecule has 0 spiro atoms. The number of carbonyl (C=O) groups excluding carboxylic acids is 4. The van der Waals surface area contributed by atoms with Gasteiger partial charge in [0.25, 0.3) is 6.47 Å². The van der Waals surface area contributed by atoms with E-state index in [4.69, 9.17) is 33.2 Å². The number of hydrogen-bond acceptors (Lipinski definition) is 13. The molecule has 0 aromatic heterocycles. The summed E-state index contributed by atoms with van der Waals surface area (Å²) in [6.45, 7) is 10.8. The summed E-state index contributed by atoms with van der Waals surface area (Å²) in [6.07, 6.45) is 51.3. The molecule has 0 aliphatic carbocycles. The minimum Gasteiger partial charge on any atom is -0.465 e. The fourth-order valence-electron chi connectivity index (χ4n) is 8.78. The largest absolute Gasteiger partial charge is 0.465 e. The number of aliphatic hydroxyl groups excluding tert-OH is 1. The number of carbonyl (C=O) groups is 4. The minimum absolute atomic E-state index is 0.0305. The van der Waals surface area contributed by atoms with Crippen LogP contribution in [-0.4, -0.2) is 114 Å². The van der Waals surface area contributed by atoms with Gasteiger partial charge in [-0.05, 0) is 96.3 Å². The first kappa shape index (κ1) is 73.9. The van der Waals surface area contributed by atoms with Gasteiger partial charge >= 0.3 is 17.9 Å². The lowest BCUT2D eigenvalue weighted by molar-refractivity contribution is -0.150. The van der Waals surface area contributed by atoms with Gasteiger partial charge in [0.15, 0.2) is 0 Å². The zero-order valence-corrected chi connectivity index (χ0v) is 49.6. The topological polar surface area (TPSA) is 162 Å². The first-order valence-electron chi connectivity index (χ1n) is 31.4. The molecule has 0 aliphatic heterocycles. The van der Waals surface area contributed by atoms with Crippen LogP contribution >= 0.6 is 0 Å². The number of ether oxygens (including phenoxy) is 8. The Morgan fingerprint density at radius 2 is 0.701 bits per heavy atom. The predicted molar refractivity (Wildman–Crippen MR) is 312 cm³/mol. The Bertz CT molecular complexity index is 1370. The van der Waals surface area contributed by atoms with E-state index in [1.54, 1.807) is 0 Å². The average molecular weight is 1090 g/mol.